The molecule has 2 atom stereocenters. The number of carboxylic acids is 3. The highest BCUT2D eigenvalue weighted by atomic mass is 16.5. The Morgan fingerprint density at radius 1 is 0.917 bits per heavy atom. The number of carbonyl (C=O) groups excluding carboxylic acids is 1. The van der Waals surface area contributed by atoms with Gasteiger partial charge in [-0.2, -0.15) is 0 Å². The van der Waals surface area contributed by atoms with Gasteiger partial charge < -0.3 is 20.1 Å². The summed E-state index contributed by atoms with van der Waals surface area (Å²) in [5.74, 6) is -7.91. The van der Waals surface area contributed by atoms with Crippen molar-refractivity contribution in [1.29, 1.82) is 0 Å². The van der Waals surface area contributed by atoms with Crippen LogP contribution in [0.3, 0.4) is 0 Å². The summed E-state index contributed by atoms with van der Waals surface area (Å²) in [6.07, 6.45) is -0.270. The van der Waals surface area contributed by atoms with E-state index in [0.717, 1.165) is 0 Å². The standard InChI is InChI=1S/C16H26O8/c1-5-9-10(17)11(12(18)19)16(14(22)23,24-8-4)15(6-2,7-3)13(20)21/h11H,5-9H2,1-4H3,(H,18,19)(H,20,21)(H,22,23). The quantitative estimate of drug-likeness (QED) is 0.455. The maximum atomic E-state index is 12.4. The minimum Gasteiger partial charge on any atom is -0.481 e. The van der Waals surface area contributed by atoms with Gasteiger partial charge in [-0.15, -0.1) is 0 Å². The number of hydrogen-bond donors (Lipinski definition) is 3. The Morgan fingerprint density at radius 3 is 1.67 bits per heavy atom. The van der Waals surface area contributed by atoms with Crippen molar-refractivity contribution in [3.05, 3.63) is 0 Å². The SMILES string of the molecule is CCCC(=O)C(C(=O)O)C(OCC)(C(=O)O)C(CC)(CC)C(=O)O. The van der Waals surface area contributed by atoms with E-state index in [1.807, 2.05) is 0 Å². The molecule has 8 heteroatoms. The van der Waals surface area contributed by atoms with E-state index in [4.69, 9.17) is 4.74 Å². The molecule has 0 heterocycles. The molecule has 0 aromatic carbocycles. The van der Waals surface area contributed by atoms with E-state index in [2.05, 4.69) is 0 Å². The van der Waals surface area contributed by atoms with E-state index in [9.17, 15) is 34.5 Å². The first-order chi connectivity index (χ1) is 11.1. The van der Waals surface area contributed by atoms with E-state index in [1.165, 1.54) is 20.8 Å². The highest BCUT2D eigenvalue weighted by molar-refractivity contribution is 6.06. The summed E-state index contributed by atoms with van der Waals surface area (Å²) in [5.41, 5.74) is -4.74. The topological polar surface area (TPSA) is 138 Å². The van der Waals surface area contributed by atoms with Crippen molar-refractivity contribution in [3.8, 4) is 0 Å². The van der Waals surface area contributed by atoms with Gasteiger partial charge in [-0.25, -0.2) is 4.79 Å². The summed E-state index contributed by atoms with van der Waals surface area (Å²) in [6, 6.07) is 0. The first-order valence-corrected chi connectivity index (χ1v) is 7.99. The lowest BCUT2D eigenvalue weighted by atomic mass is 9.60. The molecule has 0 aliphatic heterocycles. The summed E-state index contributed by atoms with van der Waals surface area (Å²) in [4.78, 5) is 48.3. The molecule has 0 aromatic rings. The summed E-state index contributed by atoms with van der Waals surface area (Å²) in [6.45, 7) is 5.71. The molecule has 0 saturated heterocycles. The molecule has 0 radical (unpaired) electrons. The number of ketones is 1. The molecular formula is C16H26O8. The van der Waals surface area contributed by atoms with Crippen LogP contribution >= 0.6 is 0 Å². The Hall–Kier alpha value is -1.96. The minimum absolute atomic E-state index is 0.178. The molecule has 24 heavy (non-hydrogen) atoms. The van der Waals surface area contributed by atoms with Gasteiger partial charge in [-0.05, 0) is 26.2 Å². The molecule has 0 amide bonds. The van der Waals surface area contributed by atoms with Gasteiger partial charge in [0.15, 0.2) is 11.7 Å². The van der Waals surface area contributed by atoms with E-state index in [1.54, 1.807) is 6.92 Å². The fourth-order valence-electron chi connectivity index (χ4n) is 3.28. The van der Waals surface area contributed by atoms with Gasteiger partial charge in [0.25, 0.3) is 0 Å². The molecule has 0 fully saturated rings. The van der Waals surface area contributed by atoms with Crippen molar-refractivity contribution < 1.29 is 39.2 Å². The Morgan fingerprint density at radius 2 is 1.42 bits per heavy atom. The van der Waals surface area contributed by atoms with E-state index < -0.39 is 40.6 Å². The van der Waals surface area contributed by atoms with Crippen molar-refractivity contribution in [2.45, 2.75) is 59.0 Å². The fourth-order valence-corrected chi connectivity index (χ4v) is 3.28. The first kappa shape index (κ1) is 22.0. The van der Waals surface area contributed by atoms with Crippen LogP contribution in [0.2, 0.25) is 0 Å². The van der Waals surface area contributed by atoms with Crippen molar-refractivity contribution in [1.82, 2.24) is 0 Å². The van der Waals surface area contributed by atoms with Gasteiger partial charge in [0, 0.05) is 13.0 Å². The highest BCUT2D eigenvalue weighted by Crippen LogP contribution is 2.47. The van der Waals surface area contributed by atoms with Crippen LogP contribution in [0.1, 0.15) is 53.4 Å². The maximum absolute atomic E-state index is 12.4. The second-order valence-electron chi connectivity index (χ2n) is 5.56. The molecule has 0 rings (SSSR count). The lowest BCUT2D eigenvalue weighted by Gasteiger charge is -2.46. The number of ether oxygens (including phenoxy) is 1. The summed E-state index contributed by atoms with van der Waals surface area (Å²) in [5, 5.41) is 29.1. The number of hydrogen-bond acceptors (Lipinski definition) is 5. The second-order valence-corrected chi connectivity index (χ2v) is 5.56. The molecule has 0 saturated carbocycles. The van der Waals surface area contributed by atoms with Gasteiger partial charge in [0.2, 0.25) is 5.60 Å². The smallest absolute Gasteiger partial charge is 0.338 e. The molecule has 0 aliphatic rings. The zero-order valence-corrected chi connectivity index (χ0v) is 14.5. The number of Topliss-reactive ketones (excluding diaryl/α,β-unsaturated/α-hetero) is 1. The van der Waals surface area contributed by atoms with Crippen molar-refractivity contribution in [2.75, 3.05) is 6.61 Å². The van der Waals surface area contributed by atoms with Gasteiger partial charge >= 0.3 is 17.9 Å². The van der Waals surface area contributed by atoms with Crippen LogP contribution < -0.4 is 0 Å². The molecule has 2 unspecified atom stereocenters. The number of aliphatic carboxylic acids is 3. The maximum Gasteiger partial charge on any atom is 0.338 e. The minimum atomic E-state index is -2.69. The van der Waals surface area contributed by atoms with Crippen LogP contribution in [0.4, 0.5) is 0 Å². The van der Waals surface area contributed by atoms with E-state index in [-0.39, 0.29) is 25.9 Å². The van der Waals surface area contributed by atoms with Gasteiger partial charge in [0.1, 0.15) is 5.41 Å². The Balaban J connectivity index is 6.82. The lowest BCUT2D eigenvalue weighted by molar-refractivity contribution is -0.217. The summed E-state index contributed by atoms with van der Waals surface area (Å²) < 4.78 is 5.31. The molecule has 0 aliphatic carbocycles. The first-order valence-electron chi connectivity index (χ1n) is 7.99. The van der Waals surface area contributed by atoms with Gasteiger partial charge in [-0.3, -0.25) is 14.4 Å². The van der Waals surface area contributed by atoms with Gasteiger partial charge in [-0.1, -0.05) is 20.8 Å². The molecule has 8 nitrogen and oxygen atoms in total. The van der Waals surface area contributed by atoms with Crippen LogP contribution in [-0.2, 0) is 23.9 Å². The normalized spacial score (nSPS) is 15.3. The van der Waals surface area contributed by atoms with E-state index in [0.29, 0.717) is 6.42 Å². The molecule has 3 N–H and O–H groups in total. The third kappa shape index (κ3) is 3.43. The Kier molecular flexibility index (Phi) is 8.05. The van der Waals surface area contributed by atoms with Crippen LogP contribution in [0.25, 0.3) is 0 Å². The van der Waals surface area contributed by atoms with Crippen molar-refractivity contribution in [2.24, 2.45) is 11.3 Å². The predicted octanol–water partition coefficient (Wildman–Crippen LogP) is 1.81. The molecule has 0 bridgehead atoms. The zero-order valence-electron chi connectivity index (χ0n) is 14.5. The largest absolute Gasteiger partial charge is 0.481 e. The fraction of sp³-hybridized carbons (Fsp3) is 0.750. The average molecular weight is 346 g/mol. The Bertz CT molecular complexity index is 494. The third-order valence-corrected chi connectivity index (χ3v) is 4.49. The Labute approximate surface area is 140 Å². The lowest BCUT2D eigenvalue weighted by Crippen LogP contribution is -2.67. The number of carbonyl (C=O) groups is 4. The van der Waals surface area contributed by atoms with Gasteiger partial charge in [0.05, 0.1) is 0 Å². The predicted molar refractivity (Wildman–Crippen MR) is 83.7 cm³/mol. The number of rotatable bonds is 12. The van der Waals surface area contributed by atoms with Crippen LogP contribution in [0, 0.1) is 11.3 Å². The molecular weight excluding hydrogens is 320 g/mol. The molecule has 0 aromatic heterocycles. The highest BCUT2D eigenvalue weighted by Gasteiger charge is 2.68. The van der Waals surface area contributed by atoms with Crippen molar-refractivity contribution >= 4 is 23.7 Å². The van der Waals surface area contributed by atoms with E-state index >= 15 is 0 Å². The third-order valence-electron chi connectivity index (χ3n) is 4.49. The molecule has 0 spiro atoms. The number of carboxylic acid groups (broad SMARTS) is 3. The van der Waals surface area contributed by atoms with Crippen LogP contribution in [-0.4, -0.2) is 51.2 Å². The summed E-state index contributed by atoms with van der Waals surface area (Å²) >= 11 is 0. The van der Waals surface area contributed by atoms with Crippen molar-refractivity contribution in [3.63, 3.8) is 0 Å². The van der Waals surface area contributed by atoms with Crippen LogP contribution in [0.15, 0.2) is 0 Å². The molecule has 138 valence electrons. The average Bonchev–Trinajstić information content (AvgIpc) is 2.48. The monoisotopic (exact) mass is 346 g/mol. The zero-order chi connectivity index (χ0) is 19.1. The van der Waals surface area contributed by atoms with Crippen LogP contribution in [0.5, 0.6) is 0 Å². The summed E-state index contributed by atoms with van der Waals surface area (Å²) in [7, 11) is 0. The second kappa shape index (κ2) is 8.77.